The van der Waals surface area contributed by atoms with Crippen LogP contribution in [0.2, 0.25) is 0 Å². The molecule has 0 bridgehead atoms. The highest BCUT2D eigenvalue weighted by molar-refractivity contribution is 6.00. The second-order valence-corrected chi connectivity index (χ2v) is 6.79. The Morgan fingerprint density at radius 1 is 1.15 bits per heavy atom. The minimum Gasteiger partial charge on any atom is -0.366 e. The second kappa shape index (κ2) is 8.03. The number of nitrogens with zero attached hydrogens (tertiary/aromatic N) is 1. The molecule has 2 aromatic carbocycles. The predicted molar refractivity (Wildman–Crippen MR) is 103 cm³/mol. The Kier molecular flexibility index (Phi) is 5.54. The number of likely N-dealkylation sites (tertiary alicyclic amines) is 1. The van der Waals surface area contributed by atoms with Gasteiger partial charge in [-0.15, -0.1) is 0 Å². The van der Waals surface area contributed by atoms with Gasteiger partial charge >= 0.3 is 0 Å². The van der Waals surface area contributed by atoms with Crippen molar-refractivity contribution in [2.45, 2.75) is 32.2 Å². The van der Waals surface area contributed by atoms with Crippen LogP contribution in [0.25, 0.3) is 0 Å². The number of primary amides is 1. The number of carbonyl (C=O) groups excluding carboxylic acids is 3. The lowest BCUT2D eigenvalue weighted by Gasteiger charge is -2.24. The third-order valence-electron chi connectivity index (χ3n) is 4.84. The molecule has 6 nitrogen and oxygen atoms in total. The number of hydrogen-bond donors (Lipinski definition) is 2. The quantitative estimate of drug-likeness (QED) is 0.851. The van der Waals surface area contributed by atoms with Crippen LogP contribution in [-0.4, -0.2) is 35.2 Å². The summed E-state index contributed by atoms with van der Waals surface area (Å²) in [7, 11) is 0. The van der Waals surface area contributed by atoms with E-state index in [1.165, 1.54) is 0 Å². The number of rotatable bonds is 5. The van der Waals surface area contributed by atoms with Gasteiger partial charge in [0.05, 0.1) is 6.42 Å². The summed E-state index contributed by atoms with van der Waals surface area (Å²) < 4.78 is 0. The van der Waals surface area contributed by atoms with E-state index in [-0.39, 0.29) is 18.2 Å². The fourth-order valence-corrected chi connectivity index (χ4v) is 3.40. The van der Waals surface area contributed by atoms with Crippen molar-refractivity contribution in [2.24, 2.45) is 5.73 Å². The topological polar surface area (TPSA) is 92.5 Å². The molecule has 1 saturated heterocycles. The van der Waals surface area contributed by atoms with Crippen molar-refractivity contribution in [3.8, 4) is 0 Å². The van der Waals surface area contributed by atoms with Crippen LogP contribution in [0.1, 0.15) is 34.3 Å². The molecule has 0 saturated carbocycles. The van der Waals surface area contributed by atoms with E-state index in [4.69, 9.17) is 5.73 Å². The standard InChI is InChI=1S/C21H23N3O3/c1-14-9-10-16(13-17(14)20(22)26)23-21(27)18-8-5-11-24(18)19(25)12-15-6-3-2-4-7-15/h2-4,6-7,9-10,13,18H,5,8,11-12H2,1H3,(H2,22,26)(H,23,27). The maximum Gasteiger partial charge on any atom is 0.249 e. The summed E-state index contributed by atoms with van der Waals surface area (Å²) in [5.74, 6) is -0.835. The molecule has 1 aliphatic heterocycles. The highest BCUT2D eigenvalue weighted by Gasteiger charge is 2.34. The van der Waals surface area contributed by atoms with Crippen molar-refractivity contribution in [3.05, 3.63) is 65.2 Å². The SMILES string of the molecule is Cc1ccc(NC(=O)C2CCCN2C(=O)Cc2ccccc2)cc1C(N)=O. The van der Waals surface area contributed by atoms with Gasteiger partial charge in [0, 0.05) is 17.8 Å². The van der Waals surface area contributed by atoms with Crippen LogP contribution in [-0.2, 0) is 16.0 Å². The van der Waals surface area contributed by atoms with Crippen molar-refractivity contribution in [1.82, 2.24) is 4.90 Å². The Labute approximate surface area is 158 Å². The number of anilines is 1. The van der Waals surface area contributed by atoms with E-state index in [1.54, 1.807) is 30.0 Å². The van der Waals surface area contributed by atoms with Crippen LogP contribution in [0.15, 0.2) is 48.5 Å². The Balaban J connectivity index is 1.69. The van der Waals surface area contributed by atoms with E-state index in [0.29, 0.717) is 24.2 Å². The van der Waals surface area contributed by atoms with E-state index in [2.05, 4.69) is 5.32 Å². The maximum atomic E-state index is 12.7. The summed E-state index contributed by atoms with van der Waals surface area (Å²) in [6.45, 7) is 2.36. The molecular formula is C21H23N3O3. The number of nitrogens with one attached hydrogen (secondary N) is 1. The molecule has 0 radical (unpaired) electrons. The van der Waals surface area contributed by atoms with Crippen LogP contribution >= 0.6 is 0 Å². The van der Waals surface area contributed by atoms with Crippen LogP contribution in [0, 0.1) is 6.92 Å². The molecule has 3 amide bonds. The number of amides is 3. The average molecular weight is 365 g/mol. The van der Waals surface area contributed by atoms with Crippen LogP contribution < -0.4 is 11.1 Å². The fraction of sp³-hybridized carbons (Fsp3) is 0.286. The predicted octanol–water partition coefficient (Wildman–Crippen LogP) is 2.27. The Hall–Kier alpha value is -3.15. The molecule has 0 spiro atoms. The van der Waals surface area contributed by atoms with Crippen molar-refractivity contribution < 1.29 is 14.4 Å². The van der Waals surface area contributed by atoms with E-state index in [1.807, 2.05) is 30.3 Å². The molecule has 0 aliphatic carbocycles. The summed E-state index contributed by atoms with van der Waals surface area (Å²) in [6, 6.07) is 14.0. The van der Waals surface area contributed by atoms with Crippen molar-refractivity contribution in [1.29, 1.82) is 0 Å². The zero-order valence-electron chi connectivity index (χ0n) is 15.3. The Morgan fingerprint density at radius 3 is 2.59 bits per heavy atom. The Bertz CT molecular complexity index is 864. The summed E-state index contributed by atoms with van der Waals surface area (Å²) in [4.78, 5) is 38.5. The Morgan fingerprint density at radius 2 is 1.89 bits per heavy atom. The molecule has 1 aliphatic rings. The maximum absolute atomic E-state index is 12.7. The molecule has 3 N–H and O–H groups in total. The van der Waals surface area contributed by atoms with Gasteiger partial charge in [-0.3, -0.25) is 14.4 Å². The third kappa shape index (κ3) is 4.34. The van der Waals surface area contributed by atoms with Gasteiger partial charge in [-0.2, -0.15) is 0 Å². The van der Waals surface area contributed by atoms with Gasteiger partial charge in [-0.1, -0.05) is 36.4 Å². The van der Waals surface area contributed by atoms with Gasteiger partial charge < -0.3 is 16.0 Å². The molecule has 1 atom stereocenters. The van der Waals surface area contributed by atoms with E-state index in [9.17, 15) is 14.4 Å². The first-order valence-electron chi connectivity index (χ1n) is 9.00. The normalized spacial score (nSPS) is 16.2. The van der Waals surface area contributed by atoms with Gasteiger partial charge in [0.2, 0.25) is 17.7 Å². The molecule has 1 unspecified atom stereocenters. The van der Waals surface area contributed by atoms with Crippen molar-refractivity contribution in [3.63, 3.8) is 0 Å². The van der Waals surface area contributed by atoms with Crippen molar-refractivity contribution >= 4 is 23.4 Å². The molecule has 1 heterocycles. The minimum atomic E-state index is -0.538. The first-order chi connectivity index (χ1) is 13.0. The largest absolute Gasteiger partial charge is 0.366 e. The lowest BCUT2D eigenvalue weighted by atomic mass is 10.1. The third-order valence-corrected chi connectivity index (χ3v) is 4.84. The molecule has 3 rings (SSSR count). The van der Waals surface area contributed by atoms with E-state index >= 15 is 0 Å². The van der Waals surface area contributed by atoms with Gasteiger partial charge in [-0.05, 0) is 43.0 Å². The zero-order valence-corrected chi connectivity index (χ0v) is 15.3. The van der Waals surface area contributed by atoms with Gasteiger partial charge in [-0.25, -0.2) is 0 Å². The van der Waals surface area contributed by atoms with E-state index in [0.717, 1.165) is 17.5 Å². The molecule has 140 valence electrons. The number of benzene rings is 2. The number of nitrogens with two attached hydrogens (primary N) is 1. The minimum absolute atomic E-state index is 0.0550. The van der Waals surface area contributed by atoms with Gasteiger partial charge in [0.25, 0.3) is 0 Å². The van der Waals surface area contributed by atoms with Crippen LogP contribution in [0.5, 0.6) is 0 Å². The first-order valence-corrected chi connectivity index (χ1v) is 9.00. The fourth-order valence-electron chi connectivity index (χ4n) is 3.40. The highest BCUT2D eigenvalue weighted by atomic mass is 16.2. The summed E-state index contributed by atoms with van der Waals surface area (Å²) in [6.07, 6.45) is 1.70. The van der Waals surface area contributed by atoms with Crippen LogP contribution in [0.3, 0.4) is 0 Å². The zero-order chi connectivity index (χ0) is 19.4. The average Bonchev–Trinajstić information content (AvgIpc) is 3.14. The lowest BCUT2D eigenvalue weighted by Crippen LogP contribution is -2.43. The smallest absolute Gasteiger partial charge is 0.249 e. The number of aryl methyl sites for hydroxylation is 1. The van der Waals surface area contributed by atoms with Crippen molar-refractivity contribution in [2.75, 3.05) is 11.9 Å². The monoisotopic (exact) mass is 365 g/mol. The summed E-state index contributed by atoms with van der Waals surface area (Å²) in [5.41, 5.74) is 7.92. The molecule has 0 aromatic heterocycles. The lowest BCUT2D eigenvalue weighted by molar-refractivity contribution is -0.136. The molecule has 6 heteroatoms. The molecule has 1 fully saturated rings. The van der Waals surface area contributed by atoms with Crippen LogP contribution in [0.4, 0.5) is 5.69 Å². The summed E-state index contributed by atoms with van der Waals surface area (Å²) >= 11 is 0. The second-order valence-electron chi connectivity index (χ2n) is 6.79. The molecular weight excluding hydrogens is 342 g/mol. The molecule has 27 heavy (non-hydrogen) atoms. The van der Waals surface area contributed by atoms with Gasteiger partial charge in [0.1, 0.15) is 6.04 Å². The first kappa shape index (κ1) is 18.6. The number of carbonyl (C=O) groups is 3. The highest BCUT2D eigenvalue weighted by Crippen LogP contribution is 2.22. The van der Waals surface area contributed by atoms with E-state index < -0.39 is 11.9 Å². The van der Waals surface area contributed by atoms with Gasteiger partial charge in [0.15, 0.2) is 0 Å². The molecule has 2 aromatic rings. The number of hydrogen-bond acceptors (Lipinski definition) is 3. The summed E-state index contributed by atoms with van der Waals surface area (Å²) in [5, 5.41) is 2.81.